The highest BCUT2D eigenvalue weighted by Gasteiger charge is 2.11. The van der Waals surface area contributed by atoms with E-state index in [4.69, 9.17) is 5.73 Å². The zero-order valence-electron chi connectivity index (χ0n) is 6.72. The topological polar surface area (TPSA) is 38.9 Å². The zero-order valence-corrected chi connectivity index (χ0v) is 7.54. The van der Waals surface area contributed by atoms with E-state index < -0.39 is 0 Å². The van der Waals surface area contributed by atoms with E-state index in [2.05, 4.69) is 4.98 Å². The normalized spacial score (nSPS) is 16.5. The number of aromatic nitrogens is 1. The average molecular weight is 184 g/mol. The molecule has 0 spiro atoms. The van der Waals surface area contributed by atoms with E-state index in [0.717, 1.165) is 17.3 Å². The van der Waals surface area contributed by atoms with E-state index in [1.807, 2.05) is 6.92 Å². The fraction of sp³-hybridized carbons (Fsp3) is 0.375. The average Bonchev–Trinajstić information content (AvgIpc) is 2.41. The summed E-state index contributed by atoms with van der Waals surface area (Å²) in [7, 11) is 0. The van der Waals surface area contributed by atoms with Crippen molar-refractivity contribution in [3.05, 3.63) is 9.88 Å². The highest BCUT2D eigenvalue weighted by Crippen LogP contribution is 2.16. The van der Waals surface area contributed by atoms with Crippen LogP contribution in [0.5, 0.6) is 0 Å². The van der Waals surface area contributed by atoms with Gasteiger partial charge in [0, 0.05) is 6.42 Å². The molecule has 1 aliphatic rings. The summed E-state index contributed by atoms with van der Waals surface area (Å²) in [4.78, 5) is 4.08. The molecule has 4 heteroatoms. The van der Waals surface area contributed by atoms with Crippen LogP contribution < -0.4 is 15.6 Å². The smallest absolute Gasteiger partial charge is 0.181 e. The molecule has 64 valence electrons. The second kappa shape index (κ2) is 2.55. The third kappa shape index (κ3) is 1.03. The maximum absolute atomic E-state index is 13.2. The lowest BCUT2D eigenvalue weighted by Crippen LogP contribution is -2.27. The molecule has 0 saturated carbocycles. The number of nitrogens with two attached hydrogens (primary N) is 1. The highest BCUT2D eigenvalue weighted by molar-refractivity contribution is 7.13. The van der Waals surface area contributed by atoms with Crippen molar-refractivity contribution < 1.29 is 4.39 Å². The molecule has 2 nitrogen and oxygen atoms in total. The first kappa shape index (κ1) is 7.73. The fourth-order valence-electron chi connectivity index (χ4n) is 1.34. The Morgan fingerprint density at radius 2 is 2.25 bits per heavy atom. The van der Waals surface area contributed by atoms with Gasteiger partial charge in [0.25, 0.3) is 0 Å². The van der Waals surface area contributed by atoms with Gasteiger partial charge in [-0.3, -0.25) is 0 Å². The van der Waals surface area contributed by atoms with Crippen molar-refractivity contribution in [2.24, 2.45) is 0 Å². The van der Waals surface area contributed by atoms with Crippen molar-refractivity contribution in [3.63, 3.8) is 0 Å². The molecule has 1 aromatic heterocycles. The summed E-state index contributed by atoms with van der Waals surface area (Å²) >= 11 is 1.24. The molecular formula is C8H9FN2S. The van der Waals surface area contributed by atoms with Gasteiger partial charge in [-0.25, -0.2) is 9.37 Å². The predicted molar refractivity (Wildman–Crippen MR) is 48.6 cm³/mol. The molecule has 2 N–H and O–H groups in total. The van der Waals surface area contributed by atoms with Crippen LogP contribution in [0.2, 0.25) is 0 Å². The van der Waals surface area contributed by atoms with Crippen molar-refractivity contribution in [2.45, 2.75) is 19.8 Å². The minimum absolute atomic E-state index is 0.0650. The van der Waals surface area contributed by atoms with Crippen LogP contribution in [-0.2, 0) is 0 Å². The predicted octanol–water partition coefficient (Wildman–Crippen LogP) is 0.767. The van der Waals surface area contributed by atoms with Gasteiger partial charge in [0.2, 0.25) is 0 Å². The van der Waals surface area contributed by atoms with Gasteiger partial charge in [-0.05, 0) is 18.9 Å². The summed E-state index contributed by atoms with van der Waals surface area (Å²) in [5.41, 5.74) is 6.64. The monoisotopic (exact) mass is 184 g/mol. The van der Waals surface area contributed by atoms with E-state index >= 15 is 0 Å². The Hall–Kier alpha value is -0.900. The van der Waals surface area contributed by atoms with Crippen molar-refractivity contribution >= 4 is 27.9 Å². The number of hydrogen-bond acceptors (Lipinski definition) is 3. The van der Waals surface area contributed by atoms with Crippen molar-refractivity contribution in [2.75, 3.05) is 5.73 Å². The van der Waals surface area contributed by atoms with Gasteiger partial charge < -0.3 is 5.73 Å². The van der Waals surface area contributed by atoms with Crippen molar-refractivity contribution in [1.29, 1.82) is 0 Å². The van der Waals surface area contributed by atoms with Gasteiger partial charge in [0.1, 0.15) is 5.83 Å². The summed E-state index contributed by atoms with van der Waals surface area (Å²) in [5, 5.41) is 1.22. The van der Waals surface area contributed by atoms with Crippen LogP contribution in [0, 0.1) is 0 Å². The molecule has 0 unspecified atom stereocenters. The second-order valence-electron chi connectivity index (χ2n) is 2.92. The molecule has 0 bridgehead atoms. The van der Waals surface area contributed by atoms with Gasteiger partial charge in [0.05, 0.1) is 9.88 Å². The third-order valence-electron chi connectivity index (χ3n) is 2.01. The molecule has 1 aliphatic carbocycles. The number of nitrogens with zero attached hydrogens (tertiary/aromatic N) is 1. The molecule has 0 fully saturated rings. The number of nitrogen functional groups attached to an aromatic ring is 1. The van der Waals surface area contributed by atoms with Gasteiger partial charge in [-0.15, -0.1) is 0 Å². The molecule has 1 heterocycles. The summed E-state index contributed by atoms with van der Waals surface area (Å²) in [6.45, 7) is 1.98. The van der Waals surface area contributed by atoms with E-state index in [9.17, 15) is 4.39 Å². The standard InChI is InChI=1S/C8H9FN2S/c1-4-2-3-5(9)7-6(4)11-8(10)12-7/h2-3H2,1H3,(H2,10,11). The van der Waals surface area contributed by atoms with Gasteiger partial charge >= 0.3 is 0 Å². The van der Waals surface area contributed by atoms with Crippen LogP contribution in [0.4, 0.5) is 9.52 Å². The molecule has 1 aromatic rings. The third-order valence-corrected chi connectivity index (χ3v) is 2.93. The van der Waals surface area contributed by atoms with Gasteiger partial charge in [-0.1, -0.05) is 11.3 Å². The van der Waals surface area contributed by atoms with E-state index in [-0.39, 0.29) is 5.83 Å². The van der Waals surface area contributed by atoms with Crippen LogP contribution >= 0.6 is 11.3 Å². The SMILES string of the molecule is CC1=c2nc(N)sc2=C(F)CC1. The molecule has 12 heavy (non-hydrogen) atoms. The molecule has 0 amide bonds. The largest absolute Gasteiger partial charge is 0.375 e. The van der Waals surface area contributed by atoms with Gasteiger partial charge in [0.15, 0.2) is 5.13 Å². The molecule has 0 radical (unpaired) electrons. The number of anilines is 1. The maximum Gasteiger partial charge on any atom is 0.181 e. The molecule has 0 saturated heterocycles. The quantitative estimate of drug-likeness (QED) is 0.646. The lowest BCUT2D eigenvalue weighted by atomic mass is 10.1. The Morgan fingerprint density at radius 1 is 1.50 bits per heavy atom. The van der Waals surface area contributed by atoms with Crippen LogP contribution in [0.1, 0.15) is 19.8 Å². The Morgan fingerprint density at radius 3 is 2.92 bits per heavy atom. The van der Waals surface area contributed by atoms with E-state index in [1.165, 1.54) is 11.3 Å². The van der Waals surface area contributed by atoms with Crippen LogP contribution in [0.3, 0.4) is 0 Å². The maximum atomic E-state index is 13.2. The number of rotatable bonds is 0. The van der Waals surface area contributed by atoms with E-state index in [0.29, 0.717) is 16.1 Å². The molecule has 0 aliphatic heterocycles. The summed E-state index contributed by atoms with van der Waals surface area (Å²) in [5.74, 6) is -0.0650. The van der Waals surface area contributed by atoms with E-state index in [1.54, 1.807) is 0 Å². The molecule has 0 atom stereocenters. The Kier molecular flexibility index (Phi) is 1.65. The van der Waals surface area contributed by atoms with Gasteiger partial charge in [-0.2, -0.15) is 0 Å². The number of thiazole rings is 1. The molecule has 2 rings (SSSR count). The lowest BCUT2D eigenvalue weighted by Gasteiger charge is -2.02. The zero-order chi connectivity index (χ0) is 8.72. The molecular weight excluding hydrogens is 175 g/mol. The van der Waals surface area contributed by atoms with Crippen molar-refractivity contribution in [1.82, 2.24) is 4.98 Å². The van der Waals surface area contributed by atoms with Crippen LogP contribution in [0.15, 0.2) is 0 Å². The summed E-state index contributed by atoms with van der Waals surface area (Å²) < 4.78 is 13.8. The number of hydrogen-bond donors (Lipinski definition) is 1. The second-order valence-corrected chi connectivity index (χ2v) is 3.95. The Labute approximate surface area is 73.2 Å². The highest BCUT2D eigenvalue weighted by atomic mass is 32.1. The van der Waals surface area contributed by atoms with Crippen LogP contribution in [0.25, 0.3) is 11.4 Å². The van der Waals surface area contributed by atoms with Crippen molar-refractivity contribution in [3.8, 4) is 0 Å². The molecule has 0 aromatic carbocycles. The van der Waals surface area contributed by atoms with Crippen LogP contribution in [-0.4, -0.2) is 4.98 Å². The summed E-state index contributed by atoms with van der Waals surface area (Å²) in [6.07, 6.45) is 1.27. The number of halogens is 1. The minimum atomic E-state index is -0.0650. The number of fused-ring (bicyclic) bond motifs is 1. The first-order valence-electron chi connectivity index (χ1n) is 3.79. The Balaban J connectivity index is 2.93. The Bertz CT molecular complexity index is 393. The first-order valence-corrected chi connectivity index (χ1v) is 4.61. The minimum Gasteiger partial charge on any atom is -0.375 e. The first-order chi connectivity index (χ1) is 5.68. The summed E-state index contributed by atoms with van der Waals surface area (Å²) in [6, 6.07) is 0. The lowest BCUT2D eigenvalue weighted by molar-refractivity contribution is 0.694. The fourth-order valence-corrected chi connectivity index (χ4v) is 2.21.